The second-order valence-corrected chi connectivity index (χ2v) is 10.1. The van der Waals surface area contributed by atoms with E-state index >= 15 is 0 Å². The number of carbonyl (C=O) groups excluding carboxylic acids is 3. The highest BCUT2D eigenvalue weighted by atomic mass is 16.6. The van der Waals surface area contributed by atoms with Crippen LogP contribution in [0.1, 0.15) is 89.5 Å². The average Bonchev–Trinajstić information content (AvgIpc) is 3.53. The monoisotopic (exact) mass is 459 g/mol. The van der Waals surface area contributed by atoms with Crippen LogP contribution in [-0.2, 0) is 14.3 Å². The maximum atomic E-state index is 13.6. The van der Waals surface area contributed by atoms with E-state index in [0.29, 0.717) is 6.54 Å². The van der Waals surface area contributed by atoms with Crippen LogP contribution in [0, 0.1) is 13.8 Å². The summed E-state index contributed by atoms with van der Waals surface area (Å²) in [5, 5.41) is 5.69. The minimum atomic E-state index is -0.818. The highest BCUT2D eigenvalue weighted by molar-refractivity contribution is 5.92. The number of hydrogen-bond acceptors (Lipinski definition) is 4. The molecule has 33 heavy (non-hydrogen) atoms. The number of benzene rings is 1. The van der Waals surface area contributed by atoms with Crippen LogP contribution in [0.25, 0.3) is 0 Å². The molecule has 1 aromatic rings. The molecule has 0 bridgehead atoms. The van der Waals surface area contributed by atoms with E-state index in [2.05, 4.69) is 17.6 Å². The number of alkyl carbamates (subject to hydrolysis) is 1. The van der Waals surface area contributed by atoms with Crippen LogP contribution in [0.3, 0.4) is 0 Å². The van der Waals surface area contributed by atoms with Gasteiger partial charge in [-0.25, -0.2) is 4.79 Å². The number of nitrogens with zero attached hydrogens (tertiary/aromatic N) is 1. The topological polar surface area (TPSA) is 87.7 Å². The largest absolute Gasteiger partial charge is 0.444 e. The van der Waals surface area contributed by atoms with Crippen molar-refractivity contribution in [3.63, 3.8) is 0 Å². The van der Waals surface area contributed by atoms with Crippen LogP contribution in [0.5, 0.6) is 0 Å². The molecule has 1 aliphatic carbocycles. The summed E-state index contributed by atoms with van der Waals surface area (Å²) in [7, 11) is 0. The Bertz CT molecular complexity index is 842. The Morgan fingerprint density at radius 2 is 1.82 bits per heavy atom. The molecule has 1 fully saturated rings. The van der Waals surface area contributed by atoms with Crippen molar-refractivity contribution in [2.75, 3.05) is 6.54 Å². The standard InChI is InChI=1S/C26H41N3O4/c1-8-9-10-15-27-23(30)22(21-14-11-17(2)16-18(21)3)29(20-12-13-20)24(31)19(4)28-25(32)33-26(5,6)7/h11,14,16,19-20,22H,8-10,12-13,15H2,1-7H3,(H,27,30)(H,28,32). The highest BCUT2D eigenvalue weighted by Gasteiger charge is 2.43. The van der Waals surface area contributed by atoms with Gasteiger partial charge in [0.15, 0.2) is 0 Å². The summed E-state index contributed by atoms with van der Waals surface area (Å²) in [4.78, 5) is 41.0. The van der Waals surface area contributed by atoms with Gasteiger partial charge in [0.05, 0.1) is 0 Å². The van der Waals surface area contributed by atoms with Crippen molar-refractivity contribution < 1.29 is 19.1 Å². The van der Waals surface area contributed by atoms with Gasteiger partial charge in [0.25, 0.3) is 0 Å². The Labute approximate surface area is 198 Å². The van der Waals surface area contributed by atoms with Crippen molar-refractivity contribution in [3.8, 4) is 0 Å². The molecule has 0 radical (unpaired) electrons. The Balaban J connectivity index is 2.31. The quantitative estimate of drug-likeness (QED) is 0.502. The molecule has 0 aromatic heterocycles. The molecule has 2 rings (SSSR count). The molecule has 0 aliphatic heterocycles. The molecule has 2 unspecified atom stereocenters. The molecule has 7 nitrogen and oxygen atoms in total. The van der Waals surface area contributed by atoms with E-state index in [0.717, 1.165) is 48.8 Å². The third-order valence-electron chi connectivity index (χ3n) is 5.62. The number of amides is 3. The number of ether oxygens (including phenoxy) is 1. The van der Waals surface area contributed by atoms with Gasteiger partial charge in [-0.05, 0) is 71.9 Å². The molecule has 184 valence electrons. The van der Waals surface area contributed by atoms with Crippen molar-refractivity contribution in [1.82, 2.24) is 15.5 Å². The minimum Gasteiger partial charge on any atom is -0.444 e. The smallest absolute Gasteiger partial charge is 0.408 e. The van der Waals surface area contributed by atoms with Gasteiger partial charge in [-0.3, -0.25) is 9.59 Å². The SMILES string of the molecule is CCCCCNC(=O)C(c1ccc(C)cc1C)N(C(=O)C(C)NC(=O)OC(C)(C)C)C1CC1. The number of rotatable bonds is 10. The van der Waals surface area contributed by atoms with Gasteiger partial charge >= 0.3 is 6.09 Å². The van der Waals surface area contributed by atoms with Gasteiger partial charge < -0.3 is 20.3 Å². The van der Waals surface area contributed by atoms with Crippen molar-refractivity contribution in [3.05, 3.63) is 34.9 Å². The van der Waals surface area contributed by atoms with Crippen molar-refractivity contribution >= 4 is 17.9 Å². The lowest BCUT2D eigenvalue weighted by Crippen LogP contribution is -2.53. The van der Waals surface area contributed by atoms with Crippen molar-refractivity contribution in [1.29, 1.82) is 0 Å². The van der Waals surface area contributed by atoms with Gasteiger partial charge in [-0.2, -0.15) is 0 Å². The predicted octanol–water partition coefficient (Wildman–Crippen LogP) is 4.56. The number of unbranched alkanes of at least 4 members (excludes halogenated alkanes) is 2. The van der Waals surface area contributed by atoms with Crippen LogP contribution >= 0.6 is 0 Å². The zero-order valence-electron chi connectivity index (χ0n) is 21.3. The fourth-order valence-corrected chi connectivity index (χ4v) is 3.87. The molecule has 1 aliphatic rings. The first-order chi connectivity index (χ1) is 15.4. The van der Waals surface area contributed by atoms with Crippen molar-refractivity contribution in [2.24, 2.45) is 0 Å². The molecule has 1 saturated carbocycles. The first-order valence-electron chi connectivity index (χ1n) is 12.1. The molecule has 0 spiro atoms. The molecular weight excluding hydrogens is 418 g/mol. The van der Waals surface area contributed by atoms with Crippen LogP contribution in [-0.4, -0.2) is 47.0 Å². The maximum Gasteiger partial charge on any atom is 0.408 e. The zero-order chi connectivity index (χ0) is 24.8. The second kappa shape index (κ2) is 11.5. The van der Waals surface area contributed by atoms with Crippen LogP contribution < -0.4 is 10.6 Å². The minimum absolute atomic E-state index is 0.0209. The molecular formula is C26H41N3O4. The van der Waals surface area contributed by atoms with E-state index in [4.69, 9.17) is 4.74 Å². The molecule has 7 heteroatoms. The summed E-state index contributed by atoms with van der Waals surface area (Å²) in [5.74, 6) is -0.459. The Morgan fingerprint density at radius 3 is 2.36 bits per heavy atom. The number of carbonyl (C=O) groups is 3. The van der Waals surface area contributed by atoms with Crippen LogP contribution in [0.2, 0.25) is 0 Å². The first-order valence-corrected chi connectivity index (χ1v) is 12.1. The first kappa shape index (κ1) is 26.7. The molecule has 0 heterocycles. The van der Waals surface area contributed by atoms with E-state index in [9.17, 15) is 14.4 Å². The summed E-state index contributed by atoms with van der Waals surface area (Å²) in [6, 6.07) is 4.36. The van der Waals surface area contributed by atoms with Gasteiger partial charge in [0.1, 0.15) is 17.7 Å². The number of hydrogen-bond donors (Lipinski definition) is 2. The molecule has 2 atom stereocenters. The summed E-state index contributed by atoms with van der Waals surface area (Å²) in [6.07, 6.45) is 4.04. The van der Waals surface area contributed by atoms with E-state index in [1.807, 2.05) is 32.0 Å². The lowest BCUT2D eigenvalue weighted by molar-refractivity contribution is -0.142. The summed E-state index contributed by atoms with van der Waals surface area (Å²) < 4.78 is 5.32. The van der Waals surface area contributed by atoms with Gasteiger partial charge in [0.2, 0.25) is 11.8 Å². The van der Waals surface area contributed by atoms with E-state index in [1.165, 1.54) is 0 Å². The lowest BCUT2D eigenvalue weighted by Gasteiger charge is -2.34. The summed E-state index contributed by atoms with van der Waals surface area (Å²) in [5.41, 5.74) is 2.22. The maximum absolute atomic E-state index is 13.6. The highest BCUT2D eigenvalue weighted by Crippen LogP contribution is 2.36. The Hall–Kier alpha value is -2.57. The number of nitrogens with one attached hydrogen (secondary N) is 2. The fourth-order valence-electron chi connectivity index (χ4n) is 3.87. The van der Waals surface area contributed by atoms with E-state index in [-0.39, 0.29) is 17.9 Å². The average molecular weight is 460 g/mol. The van der Waals surface area contributed by atoms with Crippen molar-refractivity contribution in [2.45, 2.75) is 104 Å². The van der Waals surface area contributed by atoms with E-state index in [1.54, 1.807) is 32.6 Å². The summed E-state index contributed by atoms with van der Waals surface area (Å²) >= 11 is 0. The zero-order valence-corrected chi connectivity index (χ0v) is 21.3. The molecule has 2 N–H and O–H groups in total. The molecule has 1 aromatic carbocycles. The Morgan fingerprint density at radius 1 is 1.15 bits per heavy atom. The molecule has 0 saturated heterocycles. The number of aryl methyl sites for hydroxylation is 2. The van der Waals surface area contributed by atoms with Gasteiger partial charge in [-0.1, -0.05) is 43.5 Å². The fraction of sp³-hybridized carbons (Fsp3) is 0.654. The lowest BCUT2D eigenvalue weighted by atomic mass is 9.96. The second-order valence-electron chi connectivity index (χ2n) is 10.1. The Kier molecular flexibility index (Phi) is 9.32. The van der Waals surface area contributed by atoms with Gasteiger partial charge in [0, 0.05) is 12.6 Å². The van der Waals surface area contributed by atoms with Crippen LogP contribution in [0.4, 0.5) is 4.79 Å². The van der Waals surface area contributed by atoms with Gasteiger partial charge in [-0.15, -0.1) is 0 Å². The third-order valence-corrected chi connectivity index (χ3v) is 5.62. The normalized spacial score (nSPS) is 15.4. The predicted molar refractivity (Wildman–Crippen MR) is 130 cm³/mol. The van der Waals surface area contributed by atoms with Crippen LogP contribution in [0.15, 0.2) is 18.2 Å². The summed E-state index contributed by atoms with van der Waals surface area (Å²) in [6.45, 7) is 13.6. The van der Waals surface area contributed by atoms with E-state index < -0.39 is 23.8 Å². The molecule has 3 amide bonds. The third kappa shape index (κ3) is 8.06.